The van der Waals surface area contributed by atoms with Crippen LogP contribution in [-0.4, -0.2) is 12.4 Å². The molecule has 0 amide bonds. The molecule has 1 aromatic carbocycles. The Morgan fingerprint density at radius 3 is 2.53 bits per heavy atom. The number of ketones is 1. The fourth-order valence-electron chi connectivity index (χ4n) is 1.37. The van der Waals surface area contributed by atoms with E-state index in [0.29, 0.717) is 18.9 Å². The number of hydrogen-bond acceptors (Lipinski definition) is 2. The van der Waals surface area contributed by atoms with Crippen molar-refractivity contribution in [3.63, 3.8) is 0 Å². The van der Waals surface area contributed by atoms with Gasteiger partial charge in [0.2, 0.25) is 0 Å². The molecule has 0 aliphatic carbocycles. The van der Waals surface area contributed by atoms with Crippen LogP contribution < -0.4 is 0 Å². The Morgan fingerprint density at radius 1 is 1.27 bits per heavy atom. The van der Waals surface area contributed by atoms with Crippen molar-refractivity contribution in [2.24, 2.45) is 5.92 Å². The summed E-state index contributed by atoms with van der Waals surface area (Å²) in [5.74, 6) is 0.596. The maximum absolute atomic E-state index is 11.3. The van der Waals surface area contributed by atoms with Gasteiger partial charge in [-0.2, -0.15) is 0 Å². The summed E-state index contributed by atoms with van der Waals surface area (Å²) in [5.41, 5.74) is 1.11. The minimum Gasteiger partial charge on any atom is -0.369 e. The molecule has 0 fully saturated rings. The molecule has 0 heterocycles. The van der Waals surface area contributed by atoms with Crippen molar-refractivity contribution in [3.8, 4) is 0 Å². The Labute approximate surface area is 91.3 Å². The van der Waals surface area contributed by atoms with Crippen molar-refractivity contribution in [1.82, 2.24) is 0 Å². The molecule has 0 radical (unpaired) electrons. The highest BCUT2D eigenvalue weighted by atomic mass is 16.5. The monoisotopic (exact) mass is 206 g/mol. The summed E-state index contributed by atoms with van der Waals surface area (Å²) in [6.07, 6.45) is 0.606. The molecule has 0 aliphatic rings. The molecule has 0 saturated carbocycles. The fraction of sp³-hybridized carbons (Fsp3) is 0.462. The fourth-order valence-corrected chi connectivity index (χ4v) is 1.37. The van der Waals surface area contributed by atoms with Crippen molar-refractivity contribution in [2.45, 2.75) is 26.9 Å². The molecule has 0 aromatic heterocycles. The first-order valence-corrected chi connectivity index (χ1v) is 5.32. The standard InChI is InChI=1S/C13H18O2/c1-11(2)8-13(14)10-15-9-12-6-4-3-5-7-12/h3-7,11H,8-10H2,1-2H3. The van der Waals surface area contributed by atoms with E-state index >= 15 is 0 Å². The first-order chi connectivity index (χ1) is 7.18. The highest BCUT2D eigenvalue weighted by Crippen LogP contribution is 2.03. The summed E-state index contributed by atoms with van der Waals surface area (Å²) < 4.78 is 5.33. The lowest BCUT2D eigenvalue weighted by molar-refractivity contribution is -0.124. The minimum atomic E-state index is 0.181. The average molecular weight is 206 g/mol. The van der Waals surface area contributed by atoms with E-state index in [1.807, 2.05) is 44.2 Å². The van der Waals surface area contributed by atoms with Crippen molar-refractivity contribution >= 4 is 5.78 Å². The van der Waals surface area contributed by atoms with Crippen LogP contribution in [0.1, 0.15) is 25.8 Å². The maximum Gasteiger partial charge on any atom is 0.158 e. The van der Waals surface area contributed by atoms with Crippen LogP contribution >= 0.6 is 0 Å². The zero-order valence-electron chi connectivity index (χ0n) is 9.40. The van der Waals surface area contributed by atoms with Crippen molar-refractivity contribution < 1.29 is 9.53 Å². The third-order valence-electron chi connectivity index (χ3n) is 2.01. The number of hydrogen-bond donors (Lipinski definition) is 0. The average Bonchev–Trinajstić information content (AvgIpc) is 2.18. The van der Waals surface area contributed by atoms with Crippen LogP contribution in [0, 0.1) is 5.92 Å². The molecule has 0 bridgehead atoms. The molecule has 0 atom stereocenters. The number of carbonyl (C=O) groups is 1. The van der Waals surface area contributed by atoms with E-state index in [-0.39, 0.29) is 12.4 Å². The largest absolute Gasteiger partial charge is 0.369 e. The topological polar surface area (TPSA) is 26.3 Å². The number of benzene rings is 1. The highest BCUT2D eigenvalue weighted by molar-refractivity contribution is 5.79. The molecule has 2 heteroatoms. The summed E-state index contributed by atoms with van der Waals surface area (Å²) in [7, 11) is 0. The van der Waals surface area contributed by atoms with Crippen molar-refractivity contribution in [1.29, 1.82) is 0 Å². The first kappa shape index (κ1) is 11.9. The summed E-state index contributed by atoms with van der Waals surface area (Å²) in [6, 6.07) is 9.89. The Kier molecular flexibility index (Phi) is 5.05. The zero-order valence-corrected chi connectivity index (χ0v) is 9.40. The quantitative estimate of drug-likeness (QED) is 0.715. The normalized spacial score (nSPS) is 10.6. The molecule has 1 aromatic rings. The Morgan fingerprint density at radius 2 is 1.93 bits per heavy atom. The van der Waals surface area contributed by atoms with Gasteiger partial charge in [-0.1, -0.05) is 44.2 Å². The second-order valence-corrected chi connectivity index (χ2v) is 4.12. The Hall–Kier alpha value is -1.15. The van der Waals surface area contributed by atoms with Crippen molar-refractivity contribution in [3.05, 3.63) is 35.9 Å². The summed E-state index contributed by atoms with van der Waals surface area (Å²) >= 11 is 0. The van der Waals surface area contributed by atoms with Crippen LogP contribution in [0.25, 0.3) is 0 Å². The van der Waals surface area contributed by atoms with Gasteiger partial charge in [0.15, 0.2) is 5.78 Å². The Balaban J connectivity index is 2.19. The molecule has 0 aliphatic heterocycles. The van der Waals surface area contributed by atoms with Gasteiger partial charge in [-0.15, -0.1) is 0 Å². The van der Waals surface area contributed by atoms with E-state index < -0.39 is 0 Å². The van der Waals surface area contributed by atoms with E-state index in [0.717, 1.165) is 5.56 Å². The SMILES string of the molecule is CC(C)CC(=O)COCc1ccccc1. The Bertz CT molecular complexity index is 291. The lowest BCUT2D eigenvalue weighted by Gasteiger charge is -2.05. The predicted octanol–water partition coefficient (Wildman–Crippen LogP) is 2.82. The molecule has 2 nitrogen and oxygen atoms in total. The van der Waals surface area contributed by atoms with E-state index in [2.05, 4.69) is 0 Å². The first-order valence-electron chi connectivity index (χ1n) is 5.32. The molecular weight excluding hydrogens is 188 g/mol. The molecular formula is C13H18O2. The summed E-state index contributed by atoms with van der Waals surface area (Å²) in [5, 5.41) is 0. The number of Topliss-reactive ketones (excluding diaryl/α,β-unsaturated/α-hetero) is 1. The second kappa shape index (κ2) is 6.36. The van der Waals surface area contributed by atoms with Crippen LogP contribution in [0.3, 0.4) is 0 Å². The summed E-state index contributed by atoms with van der Waals surface area (Å²) in [6.45, 7) is 4.82. The van der Waals surface area contributed by atoms with Crippen LogP contribution in [0.5, 0.6) is 0 Å². The second-order valence-electron chi connectivity index (χ2n) is 4.12. The van der Waals surface area contributed by atoms with Crippen LogP contribution in [0.2, 0.25) is 0 Å². The number of ether oxygens (including phenoxy) is 1. The number of carbonyl (C=O) groups excluding carboxylic acids is 1. The molecule has 0 unspecified atom stereocenters. The van der Waals surface area contributed by atoms with Gasteiger partial charge in [-0.25, -0.2) is 0 Å². The molecule has 15 heavy (non-hydrogen) atoms. The van der Waals surface area contributed by atoms with Gasteiger partial charge in [0, 0.05) is 6.42 Å². The third-order valence-corrected chi connectivity index (χ3v) is 2.01. The highest BCUT2D eigenvalue weighted by Gasteiger charge is 2.04. The lowest BCUT2D eigenvalue weighted by atomic mass is 10.1. The molecule has 82 valence electrons. The molecule has 0 saturated heterocycles. The van der Waals surface area contributed by atoms with Gasteiger partial charge in [0.1, 0.15) is 6.61 Å². The van der Waals surface area contributed by atoms with Gasteiger partial charge in [-0.3, -0.25) is 4.79 Å². The van der Waals surface area contributed by atoms with E-state index in [1.54, 1.807) is 0 Å². The van der Waals surface area contributed by atoms with Gasteiger partial charge in [-0.05, 0) is 11.5 Å². The molecule has 1 rings (SSSR count). The van der Waals surface area contributed by atoms with Crippen molar-refractivity contribution in [2.75, 3.05) is 6.61 Å². The summed E-state index contributed by atoms with van der Waals surface area (Å²) in [4.78, 5) is 11.3. The van der Waals surface area contributed by atoms with Gasteiger partial charge in [0.25, 0.3) is 0 Å². The maximum atomic E-state index is 11.3. The van der Waals surface area contributed by atoms with Gasteiger partial charge < -0.3 is 4.74 Å². The predicted molar refractivity (Wildman–Crippen MR) is 60.6 cm³/mol. The smallest absolute Gasteiger partial charge is 0.158 e. The van der Waals surface area contributed by atoms with Crippen LogP contribution in [-0.2, 0) is 16.1 Å². The van der Waals surface area contributed by atoms with Gasteiger partial charge in [0.05, 0.1) is 6.61 Å². The number of rotatable bonds is 6. The van der Waals surface area contributed by atoms with E-state index in [4.69, 9.17) is 4.74 Å². The van der Waals surface area contributed by atoms with E-state index in [9.17, 15) is 4.79 Å². The molecule has 0 spiro atoms. The third kappa shape index (κ3) is 5.33. The lowest BCUT2D eigenvalue weighted by Crippen LogP contribution is -2.10. The minimum absolute atomic E-state index is 0.181. The zero-order chi connectivity index (χ0) is 11.1. The van der Waals surface area contributed by atoms with Gasteiger partial charge >= 0.3 is 0 Å². The molecule has 0 N–H and O–H groups in total. The van der Waals surface area contributed by atoms with Crippen LogP contribution in [0.15, 0.2) is 30.3 Å². The van der Waals surface area contributed by atoms with E-state index in [1.165, 1.54) is 0 Å². The van der Waals surface area contributed by atoms with Crippen LogP contribution in [0.4, 0.5) is 0 Å².